The van der Waals surface area contributed by atoms with Crippen molar-refractivity contribution in [1.29, 1.82) is 0 Å². The summed E-state index contributed by atoms with van der Waals surface area (Å²) in [5.74, 6) is -1.17. The lowest BCUT2D eigenvalue weighted by Crippen LogP contribution is -1.91. The number of furan rings is 1. The van der Waals surface area contributed by atoms with Gasteiger partial charge in [0.05, 0.1) is 0 Å². The Labute approximate surface area is 97.9 Å². The first kappa shape index (κ1) is 10.5. The Bertz CT molecular complexity index is 494. The number of carboxylic acid groups (broad SMARTS) is 1. The molecule has 0 bridgehead atoms. The largest absolute Gasteiger partial charge is 0.475 e. The second-order valence-corrected chi connectivity index (χ2v) is 4.96. The zero-order valence-corrected chi connectivity index (χ0v) is 9.53. The van der Waals surface area contributed by atoms with Crippen molar-refractivity contribution in [1.82, 2.24) is 4.98 Å². The predicted octanol–water partition coefficient (Wildman–Crippen LogP) is 3.24. The Kier molecular flexibility index (Phi) is 2.99. The number of carbonyl (C=O) groups is 1. The Morgan fingerprint density at radius 1 is 1.60 bits per heavy atom. The summed E-state index contributed by atoms with van der Waals surface area (Å²) in [6.07, 6.45) is 0. The standard InChI is InChI=1S/C8H4ClNO3S2/c9-5-3-14-8(10-5)15-6-2-1-4(13-6)7(11)12/h1-3H,(H,11,12). The van der Waals surface area contributed by atoms with Gasteiger partial charge >= 0.3 is 5.97 Å². The van der Waals surface area contributed by atoms with Crippen LogP contribution < -0.4 is 0 Å². The third-order valence-corrected chi connectivity index (χ3v) is 3.62. The third kappa shape index (κ3) is 2.53. The molecule has 0 atom stereocenters. The van der Waals surface area contributed by atoms with Crippen molar-refractivity contribution >= 4 is 40.7 Å². The second-order valence-electron chi connectivity index (χ2n) is 2.46. The molecule has 0 aromatic carbocycles. The van der Waals surface area contributed by atoms with Crippen LogP contribution in [-0.4, -0.2) is 16.1 Å². The van der Waals surface area contributed by atoms with Crippen molar-refractivity contribution < 1.29 is 14.3 Å². The van der Waals surface area contributed by atoms with E-state index in [2.05, 4.69) is 4.98 Å². The first-order valence-corrected chi connectivity index (χ1v) is 5.84. The van der Waals surface area contributed by atoms with Crippen LogP contribution in [0.1, 0.15) is 10.6 Å². The van der Waals surface area contributed by atoms with E-state index in [0.29, 0.717) is 14.6 Å². The molecular formula is C8H4ClNO3S2. The summed E-state index contributed by atoms with van der Waals surface area (Å²) in [5.41, 5.74) is 0. The number of carboxylic acids is 1. The number of aromatic carboxylic acids is 1. The molecule has 0 unspecified atom stereocenters. The highest BCUT2D eigenvalue weighted by molar-refractivity contribution is 8.00. The normalized spacial score (nSPS) is 10.5. The van der Waals surface area contributed by atoms with Crippen LogP contribution in [0.25, 0.3) is 0 Å². The molecule has 2 rings (SSSR count). The molecule has 7 heteroatoms. The van der Waals surface area contributed by atoms with Crippen molar-refractivity contribution in [3.8, 4) is 0 Å². The van der Waals surface area contributed by atoms with Crippen LogP contribution in [0.3, 0.4) is 0 Å². The van der Waals surface area contributed by atoms with Crippen molar-refractivity contribution in [3.63, 3.8) is 0 Å². The van der Waals surface area contributed by atoms with E-state index in [0.717, 1.165) is 0 Å². The molecule has 2 aromatic heterocycles. The fraction of sp³-hybridized carbons (Fsp3) is 0. The van der Waals surface area contributed by atoms with Crippen LogP contribution in [0.2, 0.25) is 5.15 Å². The van der Waals surface area contributed by atoms with E-state index in [9.17, 15) is 4.79 Å². The number of nitrogens with zero attached hydrogens (tertiary/aromatic N) is 1. The molecule has 0 aliphatic heterocycles. The molecule has 0 aliphatic carbocycles. The van der Waals surface area contributed by atoms with Gasteiger partial charge in [-0.25, -0.2) is 9.78 Å². The first-order chi connectivity index (χ1) is 7.15. The molecule has 0 aliphatic rings. The minimum absolute atomic E-state index is 0.0832. The van der Waals surface area contributed by atoms with E-state index in [4.69, 9.17) is 21.1 Å². The molecule has 0 fully saturated rings. The highest BCUT2D eigenvalue weighted by Gasteiger charge is 2.11. The molecule has 15 heavy (non-hydrogen) atoms. The lowest BCUT2D eigenvalue weighted by atomic mass is 10.5. The Morgan fingerprint density at radius 2 is 2.40 bits per heavy atom. The highest BCUT2D eigenvalue weighted by atomic mass is 35.5. The average Bonchev–Trinajstić information content (AvgIpc) is 2.76. The van der Waals surface area contributed by atoms with Crippen molar-refractivity contribution in [2.75, 3.05) is 0 Å². The van der Waals surface area contributed by atoms with E-state index < -0.39 is 5.97 Å². The smallest absolute Gasteiger partial charge is 0.371 e. The van der Waals surface area contributed by atoms with Crippen LogP contribution in [0.4, 0.5) is 0 Å². The highest BCUT2D eigenvalue weighted by Crippen LogP contribution is 2.32. The number of halogens is 1. The monoisotopic (exact) mass is 261 g/mol. The number of aromatic nitrogens is 1. The van der Waals surface area contributed by atoms with Gasteiger partial charge in [-0.3, -0.25) is 0 Å². The fourth-order valence-corrected chi connectivity index (χ4v) is 2.75. The van der Waals surface area contributed by atoms with E-state index in [-0.39, 0.29) is 5.76 Å². The first-order valence-electron chi connectivity index (χ1n) is 3.77. The van der Waals surface area contributed by atoms with Crippen LogP contribution >= 0.6 is 34.7 Å². The average molecular weight is 262 g/mol. The molecule has 0 spiro atoms. The van der Waals surface area contributed by atoms with Crippen LogP contribution in [0.5, 0.6) is 0 Å². The van der Waals surface area contributed by atoms with Gasteiger partial charge in [0, 0.05) is 5.38 Å². The minimum atomic E-state index is -1.08. The van der Waals surface area contributed by atoms with E-state index in [1.165, 1.54) is 29.2 Å². The summed E-state index contributed by atoms with van der Waals surface area (Å²) >= 11 is 8.26. The lowest BCUT2D eigenvalue weighted by Gasteiger charge is -1.90. The number of hydrogen-bond donors (Lipinski definition) is 1. The van der Waals surface area contributed by atoms with Crippen molar-refractivity contribution in [2.45, 2.75) is 9.43 Å². The van der Waals surface area contributed by atoms with E-state index in [1.807, 2.05) is 0 Å². The van der Waals surface area contributed by atoms with Crippen molar-refractivity contribution in [2.24, 2.45) is 0 Å². The van der Waals surface area contributed by atoms with Gasteiger partial charge in [0.1, 0.15) is 5.15 Å². The Morgan fingerprint density at radius 3 is 2.93 bits per heavy atom. The minimum Gasteiger partial charge on any atom is -0.475 e. The number of hydrogen-bond acceptors (Lipinski definition) is 5. The zero-order chi connectivity index (χ0) is 10.8. The molecular weight excluding hydrogens is 258 g/mol. The molecule has 0 saturated carbocycles. The molecule has 0 radical (unpaired) electrons. The summed E-state index contributed by atoms with van der Waals surface area (Å²) in [6, 6.07) is 2.99. The zero-order valence-electron chi connectivity index (χ0n) is 7.14. The van der Waals surface area contributed by atoms with Crippen LogP contribution in [0, 0.1) is 0 Å². The SMILES string of the molecule is O=C(O)c1ccc(Sc2nc(Cl)cs2)o1. The number of thiazole rings is 1. The van der Waals surface area contributed by atoms with Gasteiger partial charge < -0.3 is 9.52 Å². The van der Waals surface area contributed by atoms with Crippen LogP contribution in [0.15, 0.2) is 31.4 Å². The maximum atomic E-state index is 10.5. The molecule has 78 valence electrons. The van der Waals surface area contributed by atoms with Crippen molar-refractivity contribution in [3.05, 3.63) is 28.4 Å². The maximum Gasteiger partial charge on any atom is 0.371 e. The third-order valence-electron chi connectivity index (χ3n) is 1.44. The lowest BCUT2D eigenvalue weighted by molar-refractivity contribution is 0.0656. The topological polar surface area (TPSA) is 63.3 Å². The van der Waals surface area contributed by atoms with Gasteiger partial charge in [-0.1, -0.05) is 11.6 Å². The Hall–Kier alpha value is -0.980. The van der Waals surface area contributed by atoms with Gasteiger partial charge in [-0.15, -0.1) is 11.3 Å². The molecule has 2 heterocycles. The molecule has 1 N–H and O–H groups in total. The molecule has 4 nitrogen and oxygen atoms in total. The van der Waals surface area contributed by atoms with Gasteiger partial charge in [0.2, 0.25) is 5.76 Å². The summed E-state index contributed by atoms with van der Waals surface area (Å²) in [6.45, 7) is 0. The van der Waals surface area contributed by atoms with Gasteiger partial charge in [0.25, 0.3) is 0 Å². The van der Waals surface area contributed by atoms with E-state index >= 15 is 0 Å². The maximum absolute atomic E-state index is 10.5. The molecule has 2 aromatic rings. The van der Waals surface area contributed by atoms with Gasteiger partial charge in [-0.05, 0) is 23.9 Å². The second kappa shape index (κ2) is 4.26. The molecule has 0 saturated heterocycles. The van der Waals surface area contributed by atoms with E-state index in [1.54, 1.807) is 11.4 Å². The summed E-state index contributed by atoms with van der Waals surface area (Å²) < 4.78 is 5.76. The number of rotatable bonds is 3. The fourth-order valence-electron chi connectivity index (χ4n) is 0.862. The van der Waals surface area contributed by atoms with Crippen LogP contribution in [-0.2, 0) is 0 Å². The van der Waals surface area contributed by atoms with Gasteiger partial charge in [-0.2, -0.15) is 0 Å². The summed E-state index contributed by atoms with van der Waals surface area (Å²) in [7, 11) is 0. The van der Waals surface area contributed by atoms with Gasteiger partial charge in [0.15, 0.2) is 9.43 Å². The molecule has 0 amide bonds. The summed E-state index contributed by atoms with van der Waals surface area (Å²) in [5, 5.41) is 11.2. The predicted molar refractivity (Wildman–Crippen MR) is 56.9 cm³/mol. The summed E-state index contributed by atoms with van der Waals surface area (Å²) in [4.78, 5) is 14.5. The Balaban J connectivity index is 2.14. The quantitative estimate of drug-likeness (QED) is 0.919.